The molecule has 0 saturated carbocycles. The Morgan fingerprint density at radius 2 is 2.00 bits per heavy atom. The molecular formula is C29H42F2N6. The number of nitrogens with one attached hydrogen (secondary N) is 3. The van der Waals surface area contributed by atoms with Crippen molar-refractivity contribution in [1.29, 1.82) is 0 Å². The number of likely N-dealkylation sites (tertiary alicyclic amines) is 1. The van der Waals surface area contributed by atoms with Gasteiger partial charge in [-0.3, -0.25) is 5.10 Å². The predicted octanol–water partition coefficient (Wildman–Crippen LogP) is 6.54. The number of anilines is 1. The molecule has 1 fully saturated rings. The minimum Gasteiger partial charge on any atom is -0.377 e. The van der Waals surface area contributed by atoms with Crippen LogP contribution in [0.25, 0.3) is 6.08 Å². The standard InChI is InChI=1S/C29H42F2N6/c1-18(2)10-15-27-21(5)35-36-28(27)34-24(8)37-22(6)25(13-14-26(37)16-17-32)12-11-19(3)20(4)33-23(7)29(9,30)31/h10-12,15,23,26,33H,1,4,6,8,13-14,16-17,32H2,2-3,5,7,9H3,(H2,34,35,36)/b15-10-,19-11+,25-12-/t23-,26-/m1/s1. The van der Waals surface area contributed by atoms with Crippen molar-refractivity contribution in [3.63, 3.8) is 0 Å². The summed E-state index contributed by atoms with van der Waals surface area (Å²) < 4.78 is 27.1. The second-order valence-electron chi connectivity index (χ2n) is 9.79. The smallest absolute Gasteiger partial charge is 0.264 e. The molecule has 0 bridgehead atoms. The summed E-state index contributed by atoms with van der Waals surface area (Å²) in [7, 11) is 0. The molecule has 0 spiro atoms. The minimum atomic E-state index is -2.85. The molecule has 1 saturated heterocycles. The van der Waals surface area contributed by atoms with Gasteiger partial charge in [0.15, 0.2) is 5.82 Å². The lowest BCUT2D eigenvalue weighted by Gasteiger charge is -2.41. The van der Waals surface area contributed by atoms with Gasteiger partial charge in [0, 0.05) is 35.6 Å². The number of rotatable bonds is 12. The quantitative estimate of drug-likeness (QED) is 0.239. The largest absolute Gasteiger partial charge is 0.377 e. The maximum atomic E-state index is 13.6. The van der Waals surface area contributed by atoms with E-state index in [0.717, 1.165) is 59.9 Å². The molecule has 0 aliphatic carbocycles. The first kappa shape index (κ1) is 29.8. The number of hydrogen-bond donors (Lipinski definition) is 4. The Morgan fingerprint density at radius 1 is 1.32 bits per heavy atom. The molecule has 0 amide bonds. The third-order valence-corrected chi connectivity index (χ3v) is 6.52. The average molecular weight is 513 g/mol. The minimum absolute atomic E-state index is 0.137. The molecule has 2 heterocycles. The average Bonchev–Trinajstić information content (AvgIpc) is 3.15. The third kappa shape index (κ3) is 8.05. The molecule has 6 nitrogen and oxygen atoms in total. The Kier molecular flexibility index (Phi) is 10.3. The second kappa shape index (κ2) is 12.7. The summed E-state index contributed by atoms with van der Waals surface area (Å²) in [4.78, 5) is 2.08. The summed E-state index contributed by atoms with van der Waals surface area (Å²) >= 11 is 0. The molecule has 1 aliphatic heterocycles. The Labute approximate surface area is 220 Å². The lowest BCUT2D eigenvalue weighted by atomic mass is 9.92. The highest BCUT2D eigenvalue weighted by Gasteiger charge is 2.31. The molecule has 5 N–H and O–H groups in total. The van der Waals surface area contributed by atoms with Crippen molar-refractivity contribution in [3.8, 4) is 0 Å². The summed E-state index contributed by atoms with van der Waals surface area (Å²) in [6.07, 6.45) is 10.2. The Hall–Kier alpha value is -3.39. The fourth-order valence-corrected chi connectivity index (χ4v) is 3.99. The van der Waals surface area contributed by atoms with Gasteiger partial charge in [-0.25, -0.2) is 8.78 Å². The zero-order valence-corrected chi connectivity index (χ0v) is 22.8. The number of nitrogens with zero attached hydrogens (tertiary/aromatic N) is 2. The molecule has 202 valence electrons. The Balaban J connectivity index is 2.26. The van der Waals surface area contributed by atoms with Crippen LogP contribution < -0.4 is 16.4 Å². The van der Waals surface area contributed by atoms with Gasteiger partial charge in [-0.05, 0) is 70.7 Å². The number of aromatic amines is 1. The maximum Gasteiger partial charge on any atom is 0.264 e. The van der Waals surface area contributed by atoms with Gasteiger partial charge in [0.05, 0.1) is 6.04 Å². The van der Waals surface area contributed by atoms with E-state index in [1.165, 1.54) is 6.92 Å². The van der Waals surface area contributed by atoms with E-state index >= 15 is 0 Å². The zero-order valence-electron chi connectivity index (χ0n) is 22.8. The summed E-state index contributed by atoms with van der Waals surface area (Å²) in [6.45, 7) is 25.1. The fourth-order valence-electron chi connectivity index (χ4n) is 3.99. The zero-order chi connectivity index (χ0) is 27.9. The first-order chi connectivity index (χ1) is 17.3. The molecule has 8 heteroatoms. The number of hydrogen-bond acceptors (Lipinski definition) is 5. The van der Waals surface area contributed by atoms with E-state index in [9.17, 15) is 8.78 Å². The summed E-state index contributed by atoms with van der Waals surface area (Å²) in [5, 5.41) is 13.6. The number of aryl methyl sites for hydroxylation is 1. The van der Waals surface area contributed by atoms with E-state index in [2.05, 4.69) is 52.0 Å². The number of H-pyrrole nitrogens is 1. The van der Waals surface area contributed by atoms with Crippen LogP contribution in [0.5, 0.6) is 0 Å². The van der Waals surface area contributed by atoms with Crippen LogP contribution in [0.4, 0.5) is 14.6 Å². The number of piperidine rings is 1. The van der Waals surface area contributed by atoms with Crippen LogP contribution in [0, 0.1) is 6.92 Å². The number of halogens is 2. The number of allylic oxidation sites excluding steroid dienone is 6. The monoisotopic (exact) mass is 512 g/mol. The van der Waals surface area contributed by atoms with Crippen LogP contribution in [0.2, 0.25) is 0 Å². The van der Waals surface area contributed by atoms with Crippen molar-refractivity contribution in [2.75, 3.05) is 11.9 Å². The molecule has 2 atom stereocenters. The number of aromatic nitrogens is 2. The van der Waals surface area contributed by atoms with E-state index in [1.807, 2.05) is 45.1 Å². The molecule has 0 radical (unpaired) electrons. The highest BCUT2D eigenvalue weighted by Crippen LogP contribution is 2.35. The van der Waals surface area contributed by atoms with Crippen LogP contribution >= 0.6 is 0 Å². The third-order valence-electron chi connectivity index (χ3n) is 6.52. The van der Waals surface area contributed by atoms with Crippen LogP contribution in [0.1, 0.15) is 58.2 Å². The molecule has 0 unspecified atom stereocenters. The van der Waals surface area contributed by atoms with Crippen molar-refractivity contribution in [2.24, 2.45) is 5.73 Å². The first-order valence-electron chi connectivity index (χ1n) is 12.5. The van der Waals surface area contributed by atoms with Crippen molar-refractivity contribution >= 4 is 11.9 Å². The van der Waals surface area contributed by atoms with Crippen molar-refractivity contribution in [3.05, 3.63) is 89.7 Å². The van der Waals surface area contributed by atoms with E-state index in [0.29, 0.717) is 23.9 Å². The van der Waals surface area contributed by atoms with Gasteiger partial charge in [-0.1, -0.05) is 50.1 Å². The van der Waals surface area contributed by atoms with Crippen molar-refractivity contribution in [1.82, 2.24) is 20.4 Å². The Bertz CT molecular complexity index is 1120. The van der Waals surface area contributed by atoms with Gasteiger partial charge in [0.25, 0.3) is 5.92 Å². The molecule has 1 aliphatic rings. The van der Waals surface area contributed by atoms with Gasteiger partial charge >= 0.3 is 0 Å². The van der Waals surface area contributed by atoms with Crippen molar-refractivity contribution < 1.29 is 8.78 Å². The van der Waals surface area contributed by atoms with Crippen LogP contribution in [-0.2, 0) is 0 Å². The molecule has 1 aromatic heterocycles. The highest BCUT2D eigenvalue weighted by molar-refractivity contribution is 5.67. The molecule has 2 rings (SSSR count). The molecular weight excluding hydrogens is 470 g/mol. The molecule has 37 heavy (non-hydrogen) atoms. The lowest BCUT2D eigenvalue weighted by Crippen LogP contribution is -2.41. The van der Waals surface area contributed by atoms with Gasteiger partial charge in [-0.2, -0.15) is 5.10 Å². The van der Waals surface area contributed by atoms with Gasteiger partial charge in [-0.15, -0.1) is 0 Å². The van der Waals surface area contributed by atoms with E-state index in [4.69, 9.17) is 5.73 Å². The Morgan fingerprint density at radius 3 is 2.59 bits per heavy atom. The lowest BCUT2D eigenvalue weighted by molar-refractivity contribution is -0.00865. The maximum absolute atomic E-state index is 13.6. The number of alkyl halides is 2. The summed E-state index contributed by atoms with van der Waals surface area (Å²) in [5.41, 5.74) is 11.8. The SMILES string of the molecule is C=C(C)/C=C\c1c(NC(=C)N2C(=C)/C(=C\C=C(/C)C(=C)N[C@H](C)C(C)(F)F)CC[C@@H]2CCN)n[nH]c1C. The molecule has 0 aromatic carbocycles. The normalized spacial score (nSPS) is 18.9. The molecule has 1 aromatic rings. The van der Waals surface area contributed by atoms with E-state index in [-0.39, 0.29) is 6.04 Å². The highest BCUT2D eigenvalue weighted by atomic mass is 19.3. The topological polar surface area (TPSA) is 82.0 Å². The first-order valence-corrected chi connectivity index (χ1v) is 12.5. The van der Waals surface area contributed by atoms with Gasteiger partial charge < -0.3 is 21.3 Å². The van der Waals surface area contributed by atoms with Gasteiger partial charge in [0.2, 0.25) is 0 Å². The van der Waals surface area contributed by atoms with Crippen LogP contribution in [0.3, 0.4) is 0 Å². The van der Waals surface area contributed by atoms with Gasteiger partial charge in [0.1, 0.15) is 5.82 Å². The van der Waals surface area contributed by atoms with Crippen LogP contribution in [-0.4, -0.2) is 39.6 Å². The summed E-state index contributed by atoms with van der Waals surface area (Å²) in [6, 6.07) is -0.887. The summed E-state index contributed by atoms with van der Waals surface area (Å²) in [5.74, 6) is -1.54. The fraction of sp³-hybridized carbons (Fsp3) is 0.414. The van der Waals surface area contributed by atoms with Crippen molar-refractivity contribution in [2.45, 2.75) is 71.9 Å². The van der Waals surface area contributed by atoms with Crippen LogP contribution in [0.15, 0.2) is 78.5 Å². The predicted molar refractivity (Wildman–Crippen MR) is 152 cm³/mol. The van der Waals surface area contributed by atoms with E-state index in [1.54, 1.807) is 0 Å². The second-order valence-corrected chi connectivity index (χ2v) is 9.79. The number of nitrogens with two attached hydrogens (primary N) is 1. The van der Waals surface area contributed by atoms with E-state index < -0.39 is 12.0 Å².